The van der Waals surface area contributed by atoms with Crippen LogP contribution in [0.4, 0.5) is 5.69 Å². The molecule has 7 heteroatoms. The first-order valence-corrected chi connectivity index (χ1v) is 6.82. The van der Waals surface area contributed by atoms with Crippen molar-refractivity contribution < 1.29 is 14.9 Å². The van der Waals surface area contributed by atoms with E-state index in [0.717, 1.165) is 10.5 Å². The molecular weight excluding hydrogens is 286 g/mol. The summed E-state index contributed by atoms with van der Waals surface area (Å²) in [6, 6.07) is 10.2. The highest BCUT2D eigenvalue weighted by Crippen LogP contribution is 2.11. The molecule has 1 aromatic carbocycles. The van der Waals surface area contributed by atoms with Gasteiger partial charge in [0.1, 0.15) is 5.75 Å². The monoisotopic (exact) mass is 303 g/mol. The van der Waals surface area contributed by atoms with Crippen molar-refractivity contribution in [3.05, 3.63) is 63.8 Å². The minimum absolute atomic E-state index is 0.111. The summed E-state index contributed by atoms with van der Waals surface area (Å²) >= 11 is 0. The van der Waals surface area contributed by atoms with Gasteiger partial charge in [0.15, 0.2) is 5.49 Å². The van der Waals surface area contributed by atoms with Gasteiger partial charge in [-0.05, 0) is 19.1 Å². The van der Waals surface area contributed by atoms with Crippen molar-refractivity contribution in [1.29, 1.82) is 0 Å². The highest BCUT2D eigenvalue weighted by molar-refractivity contribution is 5.26. The number of pyridine rings is 1. The van der Waals surface area contributed by atoms with E-state index in [4.69, 9.17) is 4.74 Å². The zero-order chi connectivity index (χ0) is 15.9. The average molecular weight is 303 g/mol. The predicted molar refractivity (Wildman–Crippen MR) is 80.0 cm³/mol. The van der Waals surface area contributed by atoms with E-state index in [1.165, 1.54) is 23.9 Å². The van der Waals surface area contributed by atoms with Crippen LogP contribution in [0.2, 0.25) is 0 Å². The lowest BCUT2D eigenvalue weighted by Gasteiger charge is -2.05. The van der Waals surface area contributed by atoms with Gasteiger partial charge in [-0.3, -0.25) is 15.1 Å². The zero-order valence-corrected chi connectivity index (χ0v) is 12.2. The largest absolute Gasteiger partial charge is 0.494 e. The van der Waals surface area contributed by atoms with Crippen LogP contribution in [0.1, 0.15) is 12.0 Å². The predicted octanol–water partition coefficient (Wildman–Crippen LogP) is 2.31. The molecule has 0 bridgehead atoms. The Balaban J connectivity index is 1.88. The second-order valence-corrected chi connectivity index (χ2v) is 4.74. The summed E-state index contributed by atoms with van der Waals surface area (Å²) in [5.41, 5.74) is 1.20. The van der Waals surface area contributed by atoms with Crippen molar-refractivity contribution >= 4 is 5.69 Å². The molecule has 1 heterocycles. The number of nitrogens with zero attached hydrogens (tertiary/aromatic N) is 3. The zero-order valence-electron chi connectivity index (χ0n) is 12.2. The lowest BCUT2D eigenvalue weighted by molar-refractivity contribution is -0.385. The number of benzene rings is 1. The standard InChI is InChI=1S/C15H17N3O4/c1-12-3-5-14(6-4-12)22-10-2-8-16-15-11-13(18(20)21)7-9-17(15)19/h3-7,9,11,19H,2,8,10H2,1H3. The first kappa shape index (κ1) is 15.6. The summed E-state index contributed by atoms with van der Waals surface area (Å²) in [4.78, 5) is 14.3. The van der Waals surface area contributed by atoms with Crippen LogP contribution in [0.3, 0.4) is 0 Å². The highest BCUT2D eigenvalue weighted by atomic mass is 16.6. The fourth-order valence-corrected chi connectivity index (χ4v) is 1.78. The molecule has 0 amide bonds. The molecule has 0 saturated carbocycles. The summed E-state index contributed by atoms with van der Waals surface area (Å²) in [7, 11) is 0. The molecule has 0 spiro atoms. The summed E-state index contributed by atoms with van der Waals surface area (Å²) in [6.07, 6.45) is 1.83. The van der Waals surface area contributed by atoms with Gasteiger partial charge in [-0.15, -0.1) is 0 Å². The molecule has 0 aliphatic carbocycles. The third-order valence-electron chi connectivity index (χ3n) is 2.97. The van der Waals surface area contributed by atoms with Crippen molar-refractivity contribution in [3.63, 3.8) is 0 Å². The maximum Gasteiger partial charge on any atom is 0.274 e. The third kappa shape index (κ3) is 4.34. The SMILES string of the molecule is Cc1ccc(OCCCN=c2cc([N+](=O)[O-])ccn2O)cc1. The second-order valence-electron chi connectivity index (χ2n) is 4.74. The van der Waals surface area contributed by atoms with Crippen molar-refractivity contribution in [2.24, 2.45) is 4.99 Å². The maximum atomic E-state index is 10.7. The fraction of sp³-hybridized carbons (Fsp3) is 0.267. The number of aromatic nitrogens is 1. The lowest BCUT2D eigenvalue weighted by Crippen LogP contribution is -2.19. The molecule has 1 aromatic heterocycles. The van der Waals surface area contributed by atoms with Crippen LogP contribution in [0.5, 0.6) is 5.75 Å². The molecule has 0 fully saturated rings. The molecule has 7 nitrogen and oxygen atoms in total. The Hall–Kier alpha value is -2.83. The molecule has 0 saturated heterocycles. The van der Waals surface area contributed by atoms with Crippen LogP contribution < -0.4 is 10.2 Å². The van der Waals surface area contributed by atoms with Gasteiger partial charge >= 0.3 is 0 Å². The molecule has 0 aliphatic rings. The Labute approximate surface area is 127 Å². The van der Waals surface area contributed by atoms with Gasteiger partial charge < -0.3 is 9.94 Å². The van der Waals surface area contributed by atoms with E-state index in [0.29, 0.717) is 19.6 Å². The molecule has 0 atom stereocenters. The Kier molecular flexibility index (Phi) is 5.13. The Bertz CT molecular complexity index is 707. The molecule has 0 unspecified atom stereocenters. The van der Waals surface area contributed by atoms with Crippen LogP contribution in [-0.4, -0.2) is 28.0 Å². The minimum Gasteiger partial charge on any atom is -0.494 e. The van der Waals surface area contributed by atoms with Crippen LogP contribution >= 0.6 is 0 Å². The maximum absolute atomic E-state index is 10.7. The second kappa shape index (κ2) is 7.26. The highest BCUT2D eigenvalue weighted by Gasteiger charge is 2.05. The van der Waals surface area contributed by atoms with E-state index >= 15 is 0 Å². The Morgan fingerprint density at radius 2 is 2.05 bits per heavy atom. The first-order valence-electron chi connectivity index (χ1n) is 6.82. The lowest BCUT2D eigenvalue weighted by atomic mass is 10.2. The topological polar surface area (TPSA) is 89.9 Å². The number of rotatable bonds is 6. The molecular formula is C15H17N3O4. The van der Waals surface area contributed by atoms with Crippen molar-refractivity contribution in [2.75, 3.05) is 13.2 Å². The summed E-state index contributed by atoms with van der Waals surface area (Å²) in [5, 5.41) is 20.2. The number of aryl methyl sites for hydroxylation is 1. The normalized spacial score (nSPS) is 11.4. The van der Waals surface area contributed by atoms with Gasteiger partial charge in [0.05, 0.1) is 23.8 Å². The smallest absolute Gasteiger partial charge is 0.274 e. The Morgan fingerprint density at radius 1 is 1.32 bits per heavy atom. The molecule has 116 valence electrons. The quantitative estimate of drug-likeness (QED) is 0.384. The summed E-state index contributed by atoms with van der Waals surface area (Å²) < 4.78 is 6.31. The van der Waals surface area contributed by atoms with Gasteiger partial charge in [0.2, 0.25) is 0 Å². The number of ether oxygens (including phenoxy) is 1. The van der Waals surface area contributed by atoms with E-state index < -0.39 is 4.92 Å². The van der Waals surface area contributed by atoms with Gasteiger partial charge in [0, 0.05) is 19.0 Å². The van der Waals surface area contributed by atoms with Crippen LogP contribution in [0.25, 0.3) is 0 Å². The van der Waals surface area contributed by atoms with E-state index in [9.17, 15) is 15.3 Å². The molecule has 2 aromatic rings. The average Bonchev–Trinajstić information content (AvgIpc) is 2.50. The Morgan fingerprint density at radius 3 is 2.73 bits per heavy atom. The van der Waals surface area contributed by atoms with Crippen molar-refractivity contribution in [2.45, 2.75) is 13.3 Å². The molecule has 22 heavy (non-hydrogen) atoms. The first-order chi connectivity index (χ1) is 10.6. The van der Waals surface area contributed by atoms with Gasteiger partial charge in [-0.25, -0.2) is 0 Å². The molecule has 1 N–H and O–H groups in total. The van der Waals surface area contributed by atoms with Gasteiger partial charge in [0.25, 0.3) is 5.69 Å². The van der Waals surface area contributed by atoms with E-state index in [2.05, 4.69) is 4.99 Å². The summed E-state index contributed by atoms with van der Waals surface area (Å²) in [5.74, 6) is 0.790. The molecule has 2 rings (SSSR count). The van der Waals surface area contributed by atoms with E-state index in [1.807, 2.05) is 31.2 Å². The van der Waals surface area contributed by atoms with E-state index in [-0.39, 0.29) is 11.2 Å². The fourth-order valence-electron chi connectivity index (χ4n) is 1.78. The number of nitro groups is 1. The molecule has 0 radical (unpaired) electrons. The van der Waals surface area contributed by atoms with Gasteiger partial charge in [-0.1, -0.05) is 17.7 Å². The van der Waals surface area contributed by atoms with Crippen molar-refractivity contribution in [3.8, 4) is 5.75 Å². The van der Waals surface area contributed by atoms with Crippen LogP contribution in [-0.2, 0) is 0 Å². The van der Waals surface area contributed by atoms with Crippen LogP contribution in [0, 0.1) is 17.0 Å². The number of hydrogen-bond donors (Lipinski definition) is 1. The van der Waals surface area contributed by atoms with Crippen LogP contribution in [0.15, 0.2) is 47.6 Å². The van der Waals surface area contributed by atoms with Crippen molar-refractivity contribution in [1.82, 2.24) is 4.73 Å². The van der Waals surface area contributed by atoms with Gasteiger partial charge in [-0.2, -0.15) is 4.73 Å². The number of hydrogen-bond acceptors (Lipinski definition) is 5. The molecule has 0 aliphatic heterocycles. The minimum atomic E-state index is -0.528. The third-order valence-corrected chi connectivity index (χ3v) is 2.97. The summed E-state index contributed by atoms with van der Waals surface area (Å²) in [6.45, 7) is 2.88. The van der Waals surface area contributed by atoms with E-state index in [1.54, 1.807) is 0 Å².